The Morgan fingerprint density at radius 3 is 2.10 bits per heavy atom. The second-order valence-corrected chi connectivity index (χ2v) is 12.5. The summed E-state index contributed by atoms with van der Waals surface area (Å²) in [7, 11) is 0. The summed E-state index contributed by atoms with van der Waals surface area (Å²) in [6, 6.07) is 23.5. The maximum absolute atomic E-state index is 13.1. The minimum Gasteiger partial charge on any atom is -0.462 e. The van der Waals surface area contributed by atoms with Crippen molar-refractivity contribution >= 4 is 23.9 Å². The van der Waals surface area contributed by atoms with Crippen LogP contribution in [0.5, 0.6) is 0 Å². The third-order valence-corrected chi connectivity index (χ3v) is 8.61. The highest BCUT2D eigenvalue weighted by Crippen LogP contribution is 2.44. The van der Waals surface area contributed by atoms with Gasteiger partial charge in [-0.05, 0) is 60.4 Å². The van der Waals surface area contributed by atoms with Crippen molar-refractivity contribution in [1.82, 2.24) is 16.0 Å². The second-order valence-electron chi connectivity index (χ2n) is 12.5. The van der Waals surface area contributed by atoms with Crippen LogP contribution in [0.3, 0.4) is 0 Å². The third-order valence-electron chi connectivity index (χ3n) is 8.61. The van der Waals surface area contributed by atoms with Crippen molar-refractivity contribution in [2.24, 2.45) is 5.92 Å². The van der Waals surface area contributed by atoms with Crippen LogP contribution in [-0.4, -0.2) is 66.9 Å². The maximum atomic E-state index is 13.1. The largest absolute Gasteiger partial charge is 0.462 e. The van der Waals surface area contributed by atoms with Crippen molar-refractivity contribution in [2.45, 2.75) is 63.1 Å². The van der Waals surface area contributed by atoms with Crippen LogP contribution < -0.4 is 16.0 Å². The van der Waals surface area contributed by atoms with E-state index in [9.17, 15) is 24.3 Å². The van der Waals surface area contributed by atoms with Gasteiger partial charge in [0.05, 0.1) is 24.6 Å². The van der Waals surface area contributed by atoms with Crippen LogP contribution >= 0.6 is 0 Å². The normalized spacial score (nSPS) is 14.1. The highest BCUT2D eigenvalue weighted by Gasteiger charge is 2.30. The summed E-state index contributed by atoms with van der Waals surface area (Å²) in [5.41, 5.74) is 5.34. The number of ether oxygens (including phenoxy) is 2. The van der Waals surface area contributed by atoms with Crippen molar-refractivity contribution in [2.75, 3.05) is 19.8 Å². The SMILES string of the molecule is C=CCC[C@H](NC(=O)OCC1c2ccccc2-c2ccccc21)C(=O)OC[C@H](C)NC(=O)[C@@H](CC=C)CC(=O)N[C@@H](CO)Cc1ccccc1. The van der Waals surface area contributed by atoms with Crippen LogP contribution in [0.1, 0.15) is 55.2 Å². The molecule has 4 atom stereocenters. The number of alkyl carbamates (subject to hydrolysis) is 1. The molecule has 0 fully saturated rings. The highest BCUT2D eigenvalue weighted by molar-refractivity contribution is 5.86. The third kappa shape index (κ3) is 10.6. The zero-order chi connectivity index (χ0) is 35.9. The van der Waals surface area contributed by atoms with E-state index in [1.807, 2.05) is 66.7 Å². The Hall–Kier alpha value is -5.22. The van der Waals surface area contributed by atoms with E-state index >= 15 is 0 Å². The number of aliphatic hydroxyl groups excluding tert-OH is 1. The average molecular weight is 682 g/mol. The Balaban J connectivity index is 1.26. The summed E-state index contributed by atoms with van der Waals surface area (Å²) in [6.45, 7) is 8.80. The molecule has 1 aliphatic carbocycles. The number of allylic oxidation sites excluding steroid dienone is 2. The van der Waals surface area contributed by atoms with Gasteiger partial charge in [0.1, 0.15) is 19.3 Å². The summed E-state index contributed by atoms with van der Waals surface area (Å²) in [4.78, 5) is 51.9. The van der Waals surface area contributed by atoms with E-state index in [0.717, 1.165) is 27.8 Å². The molecule has 1 aliphatic rings. The lowest BCUT2D eigenvalue weighted by atomic mass is 9.98. The lowest BCUT2D eigenvalue weighted by Gasteiger charge is -2.22. The minimum absolute atomic E-state index is 0.101. The molecule has 0 saturated carbocycles. The molecule has 0 bridgehead atoms. The number of fused-ring (bicyclic) bond motifs is 3. The number of rotatable bonds is 19. The number of esters is 1. The molecule has 50 heavy (non-hydrogen) atoms. The van der Waals surface area contributed by atoms with E-state index in [1.165, 1.54) is 0 Å². The number of carbonyl (C=O) groups excluding carboxylic acids is 4. The van der Waals surface area contributed by atoms with Crippen molar-refractivity contribution in [1.29, 1.82) is 0 Å². The lowest BCUT2D eigenvalue weighted by Crippen LogP contribution is -2.45. The molecule has 4 N–H and O–H groups in total. The molecule has 264 valence electrons. The van der Waals surface area contributed by atoms with Crippen molar-refractivity contribution in [3.63, 3.8) is 0 Å². The Morgan fingerprint density at radius 2 is 1.48 bits per heavy atom. The molecule has 3 amide bonds. The summed E-state index contributed by atoms with van der Waals surface area (Å²) in [5.74, 6) is -2.27. The van der Waals surface area contributed by atoms with Crippen LogP contribution in [0.15, 0.2) is 104 Å². The molecule has 0 aliphatic heterocycles. The van der Waals surface area contributed by atoms with E-state index in [-0.39, 0.29) is 50.9 Å². The van der Waals surface area contributed by atoms with Crippen LogP contribution in [0.2, 0.25) is 0 Å². The van der Waals surface area contributed by atoms with Gasteiger partial charge < -0.3 is 30.5 Å². The molecular formula is C40H47N3O7. The number of hydrogen-bond acceptors (Lipinski definition) is 7. The molecule has 0 spiro atoms. The van der Waals surface area contributed by atoms with Crippen LogP contribution in [0.25, 0.3) is 11.1 Å². The first-order valence-electron chi connectivity index (χ1n) is 17.0. The van der Waals surface area contributed by atoms with E-state index in [1.54, 1.807) is 19.1 Å². The smallest absolute Gasteiger partial charge is 0.407 e. The van der Waals surface area contributed by atoms with E-state index in [2.05, 4.69) is 41.2 Å². The summed E-state index contributed by atoms with van der Waals surface area (Å²) in [5, 5.41) is 18.0. The summed E-state index contributed by atoms with van der Waals surface area (Å²) < 4.78 is 11.1. The Bertz CT molecular complexity index is 1580. The minimum atomic E-state index is -0.987. The first-order valence-corrected chi connectivity index (χ1v) is 17.0. The monoisotopic (exact) mass is 681 g/mol. The molecule has 4 rings (SSSR count). The van der Waals surface area contributed by atoms with Gasteiger partial charge in [0.2, 0.25) is 11.8 Å². The van der Waals surface area contributed by atoms with Crippen LogP contribution in [0, 0.1) is 5.92 Å². The fourth-order valence-corrected chi connectivity index (χ4v) is 6.08. The van der Waals surface area contributed by atoms with Gasteiger partial charge in [-0.2, -0.15) is 0 Å². The maximum Gasteiger partial charge on any atom is 0.407 e. The Morgan fingerprint density at radius 1 is 0.840 bits per heavy atom. The number of nitrogens with one attached hydrogen (secondary N) is 3. The van der Waals surface area contributed by atoms with E-state index < -0.39 is 42.0 Å². The van der Waals surface area contributed by atoms with Gasteiger partial charge in [-0.15, -0.1) is 13.2 Å². The molecular weight excluding hydrogens is 634 g/mol. The first kappa shape index (κ1) is 37.6. The fraction of sp³-hybridized carbons (Fsp3) is 0.350. The predicted molar refractivity (Wildman–Crippen MR) is 192 cm³/mol. The van der Waals surface area contributed by atoms with Gasteiger partial charge in [-0.3, -0.25) is 9.59 Å². The molecule has 0 unspecified atom stereocenters. The average Bonchev–Trinajstić information content (AvgIpc) is 3.44. The Labute approximate surface area is 294 Å². The zero-order valence-electron chi connectivity index (χ0n) is 28.5. The van der Waals surface area contributed by atoms with E-state index in [4.69, 9.17) is 9.47 Å². The van der Waals surface area contributed by atoms with Gasteiger partial charge >= 0.3 is 12.1 Å². The first-order chi connectivity index (χ1) is 24.2. The van der Waals surface area contributed by atoms with Crippen LogP contribution in [0.4, 0.5) is 4.79 Å². The predicted octanol–water partition coefficient (Wildman–Crippen LogP) is 5.21. The highest BCUT2D eigenvalue weighted by atomic mass is 16.6. The molecule has 0 heterocycles. The number of aliphatic hydroxyl groups is 1. The molecule has 0 aromatic heterocycles. The number of carbonyl (C=O) groups is 4. The van der Waals surface area contributed by atoms with Gasteiger partial charge in [0.15, 0.2) is 0 Å². The van der Waals surface area contributed by atoms with Crippen molar-refractivity contribution in [3.8, 4) is 11.1 Å². The topological polar surface area (TPSA) is 143 Å². The number of benzene rings is 3. The summed E-state index contributed by atoms with van der Waals surface area (Å²) in [6.07, 6.45) is 3.76. The quantitative estimate of drug-likeness (QED) is 0.101. The zero-order valence-corrected chi connectivity index (χ0v) is 28.5. The van der Waals surface area contributed by atoms with E-state index in [0.29, 0.717) is 12.8 Å². The van der Waals surface area contributed by atoms with Crippen molar-refractivity contribution in [3.05, 3.63) is 121 Å². The fourth-order valence-electron chi connectivity index (χ4n) is 6.08. The lowest BCUT2D eigenvalue weighted by molar-refractivity contribution is -0.147. The van der Waals surface area contributed by atoms with Gasteiger partial charge in [-0.25, -0.2) is 9.59 Å². The number of amides is 3. The van der Waals surface area contributed by atoms with Crippen LogP contribution in [-0.2, 0) is 30.3 Å². The molecule has 3 aromatic carbocycles. The number of hydrogen-bond donors (Lipinski definition) is 4. The van der Waals surface area contributed by atoms with Gasteiger partial charge in [-0.1, -0.05) is 91.0 Å². The molecule has 0 radical (unpaired) electrons. The van der Waals surface area contributed by atoms with Gasteiger partial charge in [0, 0.05) is 12.3 Å². The second kappa shape index (κ2) is 19.1. The van der Waals surface area contributed by atoms with Gasteiger partial charge in [0.25, 0.3) is 0 Å². The standard InChI is InChI=1S/C40H47N3O7/c1-4-6-21-36(43-40(48)50-26-35-33-19-12-10-17-31(33)32-18-11-13-20-34(32)35)39(47)49-25-27(3)41-38(46)29(14-5-2)23-37(45)42-30(24-44)22-28-15-8-7-9-16-28/h4-5,7-13,15-20,27,29-30,35-36,44H,1-2,6,14,21-26H2,3H3,(H,41,46)(H,42,45)(H,43,48)/t27-,29-,30+,36-/m0/s1. The molecule has 0 saturated heterocycles. The Kier molecular flexibility index (Phi) is 14.4. The molecule has 3 aromatic rings. The summed E-state index contributed by atoms with van der Waals surface area (Å²) >= 11 is 0. The van der Waals surface area contributed by atoms with Crippen molar-refractivity contribution < 1.29 is 33.8 Å². The molecule has 10 nitrogen and oxygen atoms in total. The molecule has 10 heteroatoms.